The average molecular weight is 453 g/mol. The summed E-state index contributed by atoms with van der Waals surface area (Å²) in [4.78, 5) is 34.7. The van der Waals surface area contributed by atoms with Gasteiger partial charge in [-0.05, 0) is 60.2 Å². The number of anilines is 4. The Morgan fingerprint density at radius 3 is 2.09 bits per heavy atom. The van der Waals surface area contributed by atoms with E-state index in [-0.39, 0.29) is 11.8 Å². The Morgan fingerprint density at radius 1 is 0.794 bits per heavy atom. The molecule has 0 saturated carbocycles. The van der Waals surface area contributed by atoms with E-state index in [0.717, 1.165) is 11.1 Å². The van der Waals surface area contributed by atoms with E-state index >= 15 is 0 Å². The number of carbonyl (C=O) groups is 2. The number of carbonyl (C=O) groups excluding carboxylic acids is 2. The van der Waals surface area contributed by atoms with Gasteiger partial charge in [-0.15, -0.1) is 0 Å². The maximum Gasteiger partial charge on any atom is 0.255 e. The molecule has 2 aromatic heterocycles. The SMILES string of the molecule is CN(C)C(=O)c1ccc(-c2ccc(Nc3cncc(NC(=O)c4ccc(N)cc4)c3)nc2)cc1. The van der Waals surface area contributed by atoms with Crippen molar-refractivity contribution in [1.29, 1.82) is 0 Å². The third-order valence-electron chi connectivity index (χ3n) is 5.08. The molecule has 0 spiro atoms. The Hall–Kier alpha value is -4.72. The first kappa shape index (κ1) is 22.5. The van der Waals surface area contributed by atoms with Gasteiger partial charge in [0.25, 0.3) is 11.8 Å². The first-order valence-corrected chi connectivity index (χ1v) is 10.6. The summed E-state index contributed by atoms with van der Waals surface area (Å²) >= 11 is 0. The molecule has 8 nitrogen and oxygen atoms in total. The van der Waals surface area contributed by atoms with E-state index in [0.29, 0.717) is 34.0 Å². The number of benzene rings is 2. The quantitative estimate of drug-likeness (QED) is 0.373. The number of nitrogens with one attached hydrogen (secondary N) is 2. The van der Waals surface area contributed by atoms with Crippen LogP contribution in [-0.2, 0) is 0 Å². The average Bonchev–Trinajstić information content (AvgIpc) is 2.85. The van der Waals surface area contributed by atoms with Crippen LogP contribution in [0.2, 0.25) is 0 Å². The topological polar surface area (TPSA) is 113 Å². The van der Waals surface area contributed by atoms with Gasteiger partial charge >= 0.3 is 0 Å². The normalized spacial score (nSPS) is 10.4. The second-order valence-corrected chi connectivity index (χ2v) is 7.87. The minimum atomic E-state index is -0.250. The Morgan fingerprint density at radius 2 is 1.44 bits per heavy atom. The molecule has 34 heavy (non-hydrogen) atoms. The van der Waals surface area contributed by atoms with Crippen molar-refractivity contribution in [2.75, 3.05) is 30.5 Å². The summed E-state index contributed by atoms with van der Waals surface area (Å²) in [7, 11) is 3.45. The summed E-state index contributed by atoms with van der Waals surface area (Å²) in [5.74, 6) is 0.344. The number of rotatable bonds is 6. The number of aromatic nitrogens is 2. The zero-order valence-electron chi connectivity index (χ0n) is 18.8. The number of pyridine rings is 2. The van der Waals surface area contributed by atoms with Crippen LogP contribution >= 0.6 is 0 Å². The van der Waals surface area contributed by atoms with Crippen LogP contribution in [0, 0.1) is 0 Å². The fraction of sp³-hybridized carbons (Fsp3) is 0.0769. The summed E-state index contributed by atoms with van der Waals surface area (Å²) < 4.78 is 0. The zero-order chi connectivity index (χ0) is 24.1. The molecule has 0 saturated heterocycles. The molecular formula is C26H24N6O2. The fourth-order valence-corrected chi connectivity index (χ4v) is 3.26. The largest absolute Gasteiger partial charge is 0.399 e. The summed E-state index contributed by atoms with van der Waals surface area (Å²) in [6.45, 7) is 0. The maximum absolute atomic E-state index is 12.4. The van der Waals surface area contributed by atoms with Crippen molar-refractivity contribution in [3.8, 4) is 11.1 Å². The molecule has 0 fully saturated rings. The van der Waals surface area contributed by atoms with Gasteiger partial charge in [0.15, 0.2) is 0 Å². The number of hydrogen-bond acceptors (Lipinski definition) is 6. The number of nitrogens with zero attached hydrogens (tertiary/aromatic N) is 3. The van der Waals surface area contributed by atoms with Crippen LogP contribution < -0.4 is 16.4 Å². The highest BCUT2D eigenvalue weighted by atomic mass is 16.2. The maximum atomic E-state index is 12.4. The third-order valence-corrected chi connectivity index (χ3v) is 5.08. The molecule has 0 unspecified atom stereocenters. The molecule has 2 amide bonds. The minimum absolute atomic E-state index is 0.0373. The van der Waals surface area contributed by atoms with Crippen LogP contribution in [0.5, 0.6) is 0 Å². The number of amides is 2. The Balaban J connectivity index is 1.42. The standard InChI is InChI=1S/C26H24N6O2/c1-32(2)26(34)19-5-3-17(4-6-19)20-9-12-24(29-14-20)30-22-13-23(16-28-15-22)31-25(33)18-7-10-21(27)11-8-18/h3-16H,27H2,1-2H3,(H,29,30)(H,31,33). The van der Waals surface area contributed by atoms with Crippen molar-refractivity contribution in [3.05, 3.63) is 96.4 Å². The van der Waals surface area contributed by atoms with Crippen molar-refractivity contribution in [1.82, 2.24) is 14.9 Å². The molecule has 4 rings (SSSR count). The number of hydrogen-bond donors (Lipinski definition) is 3. The van der Waals surface area contributed by atoms with Crippen molar-refractivity contribution in [3.63, 3.8) is 0 Å². The van der Waals surface area contributed by atoms with E-state index in [4.69, 9.17) is 5.73 Å². The van der Waals surface area contributed by atoms with Gasteiger partial charge in [-0.25, -0.2) is 4.98 Å². The van der Waals surface area contributed by atoms with E-state index in [1.165, 1.54) is 0 Å². The monoisotopic (exact) mass is 452 g/mol. The molecule has 2 aromatic carbocycles. The first-order valence-electron chi connectivity index (χ1n) is 10.6. The Kier molecular flexibility index (Phi) is 6.49. The highest BCUT2D eigenvalue weighted by molar-refractivity contribution is 6.04. The van der Waals surface area contributed by atoms with Crippen molar-refractivity contribution in [2.45, 2.75) is 0 Å². The molecule has 2 heterocycles. The summed E-state index contributed by atoms with van der Waals surface area (Å²) in [5.41, 5.74) is 10.5. The fourth-order valence-electron chi connectivity index (χ4n) is 3.26. The lowest BCUT2D eigenvalue weighted by atomic mass is 10.1. The van der Waals surface area contributed by atoms with E-state index in [1.807, 2.05) is 24.3 Å². The Labute approximate surface area is 197 Å². The molecule has 0 radical (unpaired) electrons. The van der Waals surface area contributed by atoms with Crippen LogP contribution in [0.3, 0.4) is 0 Å². The smallest absolute Gasteiger partial charge is 0.255 e. The molecule has 0 aliphatic carbocycles. The van der Waals surface area contributed by atoms with Gasteiger partial charge in [0.2, 0.25) is 0 Å². The van der Waals surface area contributed by atoms with Crippen molar-refractivity contribution in [2.24, 2.45) is 0 Å². The lowest BCUT2D eigenvalue weighted by Gasteiger charge is -2.11. The molecule has 0 bridgehead atoms. The molecule has 170 valence electrons. The summed E-state index contributed by atoms with van der Waals surface area (Å²) in [5, 5.41) is 6.01. The predicted molar refractivity (Wildman–Crippen MR) is 134 cm³/mol. The van der Waals surface area contributed by atoms with E-state index < -0.39 is 0 Å². The number of nitrogens with two attached hydrogens (primary N) is 1. The molecule has 4 aromatic rings. The summed E-state index contributed by atoms with van der Waals surface area (Å²) in [6, 6.07) is 19.7. The predicted octanol–water partition coefficient (Wildman–Crippen LogP) is 4.42. The molecule has 4 N–H and O–H groups in total. The van der Waals surface area contributed by atoms with Gasteiger partial charge < -0.3 is 21.3 Å². The van der Waals surface area contributed by atoms with E-state index in [2.05, 4.69) is 20.6 Å². The molecular weight excluding hydrogens is 428 g/mol. The second-order valence-electron chi connectivity index (χ2n) is 7.87. The minimum Gasteiger partial charge on any atom is -0.399 e. The van der Waals surface area contributed by atoms with E-state index in [1.54, 1.807) is 80.1 Å². The van der Waals surface area contributed by atoms with Crippen LogP contribution in [0.1, 0.15) is 20.7 Å². The number of nitrogen functional groups attached to an aromatic ring is 1. The van der Waals surface area contributed by atoms with Crippen LogP contribution in [0.4, 0.5) is 22.9 Å². The lowest BCUT2D eigenvalue weighted by Crippen LogP contribution is -2.21. The highest BCUT2D eigenvalue weighted by Gasteiger charge is 2.09. The van der Waals surface area contributed by atoms with Crippen LogP contribution in [0.15, 0.2) is 85.3 Å². The van der Waals surface area contributed by atoms with Gasteiger partial charge in [-0.3, -0.25) is 14.6 Å². The third kappa shape index (κ3) is 5.36. The lowest BCUT2D eigenvalue weighted by molar-refractivity contribution is 0.0827. The van der Waals surface area contributed by atoms with Crippen molar-refractivity contribution < 1.29 is 9.59 Å². The van der Waals surface area contributed by atoms with Gasteiger partial charge in [-0.2, -0.15) is 0 Å². The van der Waals surface area contributed by atoms with Crippen molar-refractivity contribution >= 4 is 34.7 Å². The van der Waals surface area contributed by atoms with Gasteiger partial charge in [0.1, 0.15) is 5.82 Å². The van der Waals surface area contributed by atoms with Gasteiger partial charge in [0, 0.05) is 42.7 Å². The van der Waals surface area contributed by atoms with Gasteiger partial charge in [0.05, 0.1) is 23.8 Å². The van der Waals surface area contributed by atoms with Crippen LogP contribution in [-0.4, -0.2) is 40.8 Å². The first-order chi connectivity index (χ1) is 16.4. The summed E-state index contributed by atoms with van der Waals surface area (Å²) in [6.07, 6.45) is 4.97. The molecule has 0 atom stereocenters. The molecule has 0 aliphatic heterocycles. The second kappa shape index (κ2) is 9.83. The molecule has 0 aliphatic rings. The van der Waals surface area contributed by atoms with E-state index in [9.17, 15) is 9.59 Å². The zero-order valence-corrected chi connectivity index (χ0v) is 18.8. The van der Waals surface area contributed by atoms with Crippen LogP contribution in [0.25, 0.3) is 11.1 Å². The Bertz CT molecular complexity index is 1300. The highest BCUT2D eigenvalue weighted by Crippen LogP contribution is 2.23. The van der Waals surface area contributed by atoms with Gasteiger partial charge in [-0.1, -0.05) is 12.1 Å². The molecule has 8 heteroatoms.